The number of carbonyl (C=O) groups excluding carboxylic acids is 2. The lowest BCUT2D eigenvalue weighted by molar-refractivity contribution is -0.113. The van der Waals surface area contributed by atoms with Gasteiger partial charge in [-0.25, -0.2) is 4.79 Å². The largest absolute Gasteiger partial charge is 0.486 e. The third kappa shape index (κ3) is 6.92. The molecule has 4 rings (SSSR count). The molecule has 0 bridgehead atoms. The molecule has 4 aromatic rings. The van der Waals surface area contributed by atoms with Gasteiger partial charge in [0.1, 0.15) is 22.9 Å². The first-order valence-corrected chi connectivity index (χ1v) is 14.8. The molecule has 0 unspecified atom stereocenters. The number of benzene rings is 2. The molecule has 0 saturated heterocycles. The van der Waals surface area contributed by atoms with Gasteiger partial charge in [-0.2, -0.15) is 0 Å². The first kappa shape index (κ1) is 29.4. The van der Waals surface area contributed by atoms with Gasteiger partial charge in [0, 0.05) is 17.5 Å². The number of hydrogen-bond donors (Lipinski definition) is 1. The Labute approximate surface area is 243 Å². The van der Waals surface area contributed by atoms with Crippen molar-refractivity contribution in [1.82, 2.24) is 14.8 Å². The topological polar surface area (TPSA) is 95.3 Å². The van der Waals surface area contributed by atoms with Crippen LogP contribution >= 0.6 is 23.1 Å². The number of ether oxygens (including phenoxy) is 2. The second-order valence-electron chi connectivity index (χ2n) is 10.3. The van der Waals surface area contributed by atoms with Gasteiger partial charge >= 0.3 is 5.97 Å². The number of amides is 1. The fraction of sp³-hybridized carbons (Fsp3) is 0.333. The summed E-state index contributed by atoms with van der Waals surface area (Å²) >= 11 is 2.58. The summed E-state index contributed by atoms with van der Waals surface area (Å²) in [5.41, 5.74) is 4.39. The molecule has 2 aromatic heterocycles. The predicted octanol–water partition coefficient (Wildman–Crippen LogP) is 6.73. The van der Waals surface area contributed by atoms with Gasteiger partial charge in [0.2, 0.25) is 5.91 Å². The van der Waals surface area contributed by atoms with Crippen LogP contribution in [0.5, 0.6) is 5.75 Å². The number of methoxy groups -OCH3 is 1. The van der Waals surface area contributed by atoms with E-state index in [-0.39, 0.29) is 23.7 Å². The van der Waals surface area contributed by atoms with E-state index in [4.69, 9.17) is 9.47 Å². The van der Waals surface area contributed by atoms with Crippen molar-refractivity contribution in [2.45, 2.75) is 58.3 Å². The number of nitrogens with zero attached hydrogens (tertiary/aromatic N) is 3. The second-order valence-corrected chi connectivity index (χ2v) is 12.1. The molecule has 2 aromatic carbocycles. The van der Waals surface area contributed by atoms with Crippen molar-refractivity contribution in [1.29, 1.82) is 0 Å². The smallest absolute Gasteiger partial charge is 0.341 e. The van der Waals surface area contributed by atoms with E-state index in [9.17, 15) is 9.59 Å². The third-order valence-electron chi connectivity index (χ3n) is 6.33. The predicted molar refractivity (Wildman–Crippen MR) is 160 cm³/mol. The maximum atomic E-state index is 12.9. The van der Waals surface area contributed by atoms with E-state index >= 15 is 0 Å². The van der Waals surface area contributed by atoms with E-state index in [0.717, 1.165) is 22.4 Å². The van der Waals surface area contributed by atoms with Crippen LogP contribution in [0, 0.1) is 6.92 Å². The quantitative estimate of drug-likeness (QED) is 0.165. The van der Waals surface area contributed by atoms with Crippen LogP contribution in [0.15, 0.2) is 59.1 Å². The van der Waals surface area contributed by atoms with E-state index in [1.165, 1.54) is 35.8 Å². The minimum atomic E-state index is -0.497. The molecule has 0 fully saturated rings. The maximum absolute atomic E-state index is 12.9. The molecule has 1 amide bonds. The summed E-state index contributed by atoms with van der Waals surface area (Å²) in [5.74, 6) is 0.790. The molecule has 10 heteroatoms. The lowest BCUT2D eigenvalue weighted by Crippen LogP contribution is -2.16. The summed E-state index contributed by atoms with van der Waals surface area (Å²) in [5, 5.41) is 14.4. The van der Waals surface area contributed by atoms with Crippen molar-refractivity contribution in [2.24, 2.45) is 0 Å². The monoisotopic (exact) mass is 578 g/mol. The zero-order valence-electron chi connectivity index (χ0n) is 23.6. The summed E-state index contributed by atoms with van der Waals surface area (Å²) in [4.78, 5) is 25.5. The fourth-order valence-corrected chi connectivity index (χ4v) is 5.84. The van der Waals surface area contributed by atoms with Crippen LogP contribution in [-0.2, 0) is 28.1 Å². The molecule has 0 aliphatic carbocycles. The van der Waals surface area contributed by atoms with Gasteiger partial charge in [0.05, 0.1) is 12.9 Å². The summed E-state index contributed by atoms with van der Waals surface area (Å²) in [6, 6.07) is 15.9. The highest BCUT2D eigenvalue weighted by molar-refractivity contribution is 7.99. The molecule has 0 radical (unpaired) electrons. The van der Waals surface area contributed by atoms with E-state index in [1.54, 1.807) is 0 Å². The van der Waals surface area contributed by atoms with E-state index in [0.29, 0.717) is 28.1 Å². The Morgan fingerprint density at radius 3 is 2.38 bits per heavy atom. The number of aryl methyl sites for hydroxylation is 1. The molecule has 0 aliphatic rings. The SMILES string of the molecule is CCn1c(COc2ccc(C(C)(C)C)cc2)nnc1SCC(=O)Nc1scc(-c2ccc(C)cc2)c1C(=O)OC. The Morgan fingerprint density at radius 2 is 1.75 bits per heavy atom. The van der Waals surface area contributed by atoms with Crippen molar-refractivity contribution in [3.05, 3.63) is 76.4 Å². The average molecular weight is 579 g/mol. The molecule has 210 valence electrons. The van der Waals surface area contributed by atoms with Gasteiger partial charge in [0.15, 0.2) is 11.0 Å². The van der Waals surface area contributed by atoms with E-state index < -0.39 is 5.97 Å². The van der Waals surface area contributed by atoms with Gasteiger partial charge < -0.3 is 19.4 Å². The molecular formula is C30H34N4O4S2. The Balaban J connectivity index is 1.40. The van der Waals surface area contributed by atoms with Crippen molar-refractivity contribution in [3.8, 4) is 16.9 Å². The number of hydrogen-bond acceptors (Lipinski definition) is 8. The highest BCUT2D eigenvalue weighted by Crippen LogP contribution is 2.36. The van der Waals surface area contributed by atoms with Crippen molar-refractivity contribution in [3.63, 3.8) is 0 Å². The number of rotatable bonds is 10. The summed E-state index contributed by atoms with van der Waals surface area (Å²) < 4.78 is 12.9. The summed E-state index contributed by atoms with van der Waals surface area (Å²) in [7, 11) is 1.33. The van der Waals surface area contributed by atoms with Gasteiger partial charge in [0.25, 0.3) is 0 Å². The Bertz CT molecular complexity index is 1470. The number of thioether (sulfide) groups is 1. The van der Waals surface area contributed by atoms with Crippen LogP contribution in [0.4, 0.5) is 5.00 Å². The molecule has 8 nitrogen and oxygen atoms in total. The van der Waals surface area contributed by atoms with Crippen LogP contribution < -0.4 is 10.1 Å². The zero-order valence-corrected chi connectivity index (χ0v) is 25.2. The number of aromatic nitrogens is 3. The first-order valence-electron chi connectivity index (χ1n) is 13.0. The second kappa shape index (κ2) is 12.7. The number of nitrogens with one attached hydrogen (secondary N) is 1. The highest BCUT2D eigenvalue weighted by atomic mass is 32.2. The molecule has 1 N–H and O–H groups in total. The van der Waals surface area contributed by atoms with E-state index in [2.05, 4.69) is 48.4 Å². The van der Waals surface area contributed by atoms with Crippen molar-refractivity contribution >= 4 is 40.0 Å². The molecule has 0 atom stereocenters. The standard InChI is InChI=1S/C30H34N4O4S2/c1-7-34-24(16-38-22-14-12-21(13-15-22)30(3,4)5)32-33-29(34)40-18-25(35)31-27-26(28(36)37-6)23(17-39-27)20-10-8-19(2)9-11-20/h8-15,17H,7,16,18H2,1-6H3,(H,31,35). The molecule has 0 spiro atoms. The van der Waals surface area contributed by atoms with Crippen molar-refractivity contribution < 1.29 is 19.1 Å². The minimum Gasteiger partial charge on any atom is -0.486 e. The third-order valence-corrected chi connectivity index (χ3v) is 8.19. The molecule has 0 saturated carbocycles. The molecule has 2 heterocycles. The van der Waals surface area contributed by atoms with E-state index in [1.807, 2.05) is 60.2 Å². The first-order chi connectivity index (χ1) is 19.1. The van der Waals surface area contributed by atoms with Gasteiger partial charge in [-0.1, -0.05) is 74.5 Å². The Hall–Kier alpha value is -3.63. The van der Waals surface area contributed by atoms with Crippen LogP contribution in [-0.4, -0.2) is 39.5 Å². The van der Waals surface area contributed by atoms with Crippen LogP contribution in [0.3, 0.4) is 0 Å². The number of carbonyl (C=O) groups is 2. The molecular weight excluding hydrogens is 544 g/mol. The normalized spacial score (nSPS) is 11.3. The maximum Gasteiger partial charge on any atom is 0.341 e. The Morgan fingerprint density at radius 1 is 1.05 bits per heavy atom. The number of esters is 1. The van der Waals surface area contributed by atoms with Crippen molar-refractivity contribution in [2.75, 3.05) is 18.2 Å². The number of thiophene rings is 1. The van der Waals surface area contributed by atoms with Crippen LogP contribution in [0.1, 0.15) is 55.0 Å². The fourth-order valence-electron chi connectivity index (χ4n) is 4.04. The van der Waals surface area contributed by atoms with Gasteiger partial charge in [-0.15, -0.1) is 21.5 Å². The van der Waals surface area contributed by atoms with Crippen LogP contribution in [0.2, 0.25) is 0 Å². The lowest BCUT2D eigenvalue weighted by Gasteiger charge is -2.19. The summed E-state index contributed by atoms with van der Waals surface area (Å²) in [6.45, 7) is 11.4. The minimum absolute atomic E-state index is 0.0765. The molecule has 0 aliphatic heterocycles. The average Bonchev–Trinajstić information content (AvgIpc) is 3.54. The number of anilines is 1. The van der Waals surface area contributed by atoms with Crippen LogP contribution in [0.25, 0.3) is 11.1 Å². The lowest BCUT2D eigenvalue weighted by atomic mass is 9.87. The highest BCUT2D eigenvalue weighted by Gasteiger charge is 2.23. The molecule has 40 heavy (non-hydrogen) atoms. The van der Waals surface area contributed by atoms with Gasteiger partial charge in [-0.05, 0) is 42.5 Å². The zero-order chi connectivity index (χ0) is 28.9. The van der Waals surface area contributed by atoms with Gasteiger partial charge in [-0.3, -0.25) is 4.79 Å². The Kier molecular flexibility index (Phi) is 9.32. The summed E-state index contributed by atoms with van der Waals surface area (Å²) in [6.07, 6.45) is 0.